The maximum atomic E-state index is 12.1. The lowest BCUT2D eigenvalue weighted by atomic mass is 10.0. The number of hydrogen-bond acceptors (Lipinski definition) is 3. The normalized spacial score (nSPS) is 15.0. The molecule has 1 aromatic rings. The van der Waals surface area contributed by atoms with Crippen LogP contribution in [-0.4, -0.2) is 41.6 Å². The Hall–Kier alpha value is -2.17. The van der Waals surface area contributed by atoms with Crippen LogP contribution in [-0.2, 0) is 20.8 Å². The molecule has 0 spiro atoms. The van der Waals surface area contributed by atoms with Crippen LogP contribution in [0.5, 0.6) is 0 Å². The number of nitrogens with zero attached hydrogens (tertiary/aromatic N) is 1. The molecule has 2 rings (SSSR count). The molecule has 1 heterocycles. The highest BCUT2D eigenvalue weighted by molar-refractivity contribution is 5.83. The number of likely N-dealkylation sites (tertiary alicyclic amines) is 1. The molecule has 0 bridgehead atoms. The lowest BCUT2D eigenvalue weighted by molar-refractivity contribution is -0.134. The maximum absolute atomic E-state index is 12.1. The summed E-state index contributed by atoms with van der Waals surface area (Å²) in [6.07, 6.45) is 3.40. The fraction of sp³-hybridized carbons (Fsp3) is 0.550. The van der Waals surface area contributed by atoms with Gasteiger partial charge in [-0.05, 0) is 38.7 Å². The molecule has 0 saturated carbocycles. The standard InChI is InChI=1S/C20H28N2O3/c1-15-3-6-17(7-4-15)8-9-19(24)21-18-11-13-22(14-12-18)20(25)10-5-16(2)23/h3-4,6-7,18H,5,8-14H2,1-2H3,(H,21,24). The molecule has 25 heavy (non-hydrogen) atoms. The van der Waals surface area contributed by atoms with E-state index in [4.69, 9.17) is 0 Å². The second kappa shape index (κ2) is 9.35. The van der Waals surface area contributed by atoms with E-state index in [2.05, 4.69) is 29.6 Å². The first-order valence-electron chi connectivity index (χ1n) is 9.06. The summed E-state index contributed by atoms with van der Waals surface area (Å²) in [5, 5.41) is 3.08. The molecule has 1 saturated heterocycles. The number of aryl methyl sites for hydroxylation is 2. The Labute approximate surface area is 149 Å². The number of Topliss-reactive ketones (excluding diaryl/α,β-unsaturated/α-hetero) is 1. The van der Waals surface area contributed by atoms with Gasteiger partial charge >= 0.3 is 0 Å². The van der Waals surface area contributed by atoms with E-state index in [1.807, 2.05) is 6.92 Å². The summed E-state index contributed by atoms with van der Waals surface area (Å²) >= 11 is 0. The molecule has 0 aromatic heterocycles. The van der Waals surface area contributed by atoms with Crippen molar-refractivity contribution in [3.8, 4) is 0 Å². The highest BCUT2D eigenvalue weighted by Crippen LogP contribution is 2.13. The zero-order chi connectivity index (χ0) is 18.2. The Morgan fingerprint density at radius 1 is 1.04 bits per heavy atom. The largest absolute Gasteiger partial charge is 0.353 e. The first kappa shape index (κ1) is 19.2. The summed E-state index contributed by atoms with van der Waals surface area (Å²) in [5.74, 6) is 0.158. The third-order valence-corrected chi connectivity index (χ3v) is 4.67. The first-order valence-corrected chi connectivity index (χ1v) is 9.06. The molecule has 1 N–H and O–H groups in total. The van der Waals surface area contributed by atoms with Crippen LogP contribution in [0.3, 0.4) is 0 Å². The average molecular weight is 344 g/mol. The van der Waals surface area contributed by atoms with Gasteiger partial charge in [-0.2, -0.15) is 0 Å². The second-order valence-electron chi connectivity index (χ2n) is 6.91. The van der Waals surface area contributed by atoms with Gasteiger partial charge in [0.2, 0.25) is 11.8 Å². The van der Waals surface area contributed by atoms with E-state index < -0.39 is 0 Å². The molecule has 1 aliphatic rings. The van der Waals surface area contributed by atoms with E-state index in [0.717, 1.165) is 19.3 Å². The van der Waals surface area contributed by atoms with Crippen molar-refractivity contribution in [1.29, 1.82) is 0 Å². The molecule has 0 atom stereocenters. The summed E-state index contributed by atoms with van der Waals surface area (Å²) in [5.41, 5.74) is 2.39. The van der Waals surface area contributed by atoms with Gasteiger partial charge in [0.1, 0.15) is 5.78 Å². The molecule has 1 aliphatic heterocycles. The second-order valence-corrected chi connectivity index (χ2v) is 6.91. The van der Waals surface area contributed by atoms with E-state index in [0.29, 0.717) is 32.4 Å². The summed E-state index contributed by atoms with van der Waals surface area (Å²) in [6.45, 7) is 4.86. The zero-order valence-corrected chi connectivity index (χ0v) is 15.2. The maximum Gasteiger partial charge on any atom is 0.223 e. The number of benzene rings is 1. The van der Waals surface area contributed by atoms with Crippen LogP contribution in [0.15, 0.2) is 24.3 Å². The molecule has 1 fully saturated rings. The van der Waals surface area contributed by atoms with Crippen molar-refractivity contribution in [3.63, 3.8) is 0 Å². The molecule has 5 nitrogen and oxygen atoms in total. The van der Waals surface area contributed by atoms with Gasteiger partial charge in [-0.1, -0.05) is 29.8 Å². The molecular formula is C20H28N2O3. The number of rotatable bonds is 7. The van der Waals surface area contributed by atoms with Crippen LogP contribution in [0.4, 0.5) is 0 Å². The van der Waals surface area contributed by atoms with Crippen molar-refractivity contribution in [2.24, 2.45) is 0 Å². The smallest absolute Gasteiger partial charge is 0.223 e. The monoisotopic (exact) mass is 344 g/mol. The number of hydrogen-bond donors (Lipinski definition) is 1. The quantitative estimate of drug-likeness (QED) is 0.826. The van der Waals surface area contributed by atoms with Crippen molar-refractivity contribution < 1.29 is 14.4 Å². The van der Waals surface area contributed by atoms with Gasteiger partial charge < -0.3 is 15.0 Å². The zero-order valence-electron chi connectivity index (χ0n) is 15.2. The van der Waals surface area contributed by atoms with E-state index in [1.54, 1.807) is 4.90 Å². The van der Waals surface area contributed by atoms with Crippen molar-refractivity contribution in [2.75, 3.05) is 13.1 Å². The molecule has 0 radical (unpaired) electrons. The van der Waals surface area contributed by atoms with Crippen LogP contribution < -0.4 is 5.32 Å². The summed E-state index contributed by atoms with van der Waals surface area (Å²) in [6, 6.07) is 8.39. The Morgan fingerprint density at radius 3 is 2.28 bits per heavy atom. The van der Waals surface area contributed by atoms with Crippen LogP contribution in [0, 0.1) is 6.92 Å². The summed E-state index contributed by atoms with van der Waals surface area (Å²) in [7, 11) is 0. The topological polar surface area (TPSA) is 66.5 Å². The van der Waals surface area contributed by atoms with Gasteiger partial charge in [-0.15, -0.1) is 0 Å². The first-order chi connectivity index (χ1) is 11.9. The number of carbonyl (C=O) groups is 3. The number of ketones is 1. The van der Waals surface area contributed by atoms with Gasteiger partial charge in [-0.25, -0.2) is 0 Å². The minimum atomic E-state index is 0.0411. The lowest BCUT2D eigenvalue weighted by Gasteiger charge is -2.32. The van der Waals surface area contributed by atoms with Gasteiger partial charge in [-0.3, -0.25) is 9.59 Å². The predicted octanol–water partition coefficient (Wildman–Crippen LogP) is 2.40. The highest BCUT2D eigenvalue weighted by Gasteiger charge is 2.23. The van der Waals surface area contributed by atoms with Gasteiger partial charge in [0.15, 0.2) is 0 Å². The minimum absolute atomic E-state index is 0.0411. The Bertz CT molecular complexity index is 602. The van der Waals surface area contributed by atoms with Gasteiger partial charge in [0, 0.05) is 38.4 Å². The van der Waals surface area contributed by atoms with Crippen molar-refractivity contribution in [1.82, 2.24) is 10.2 Å². The van der Waals surface area contributed by atoms with Crippen molar-refractivity contribution >= 4 is 17.6 Å². The number of piperidine rings is 1. The van der Waals surface area contributed by atoms with Gasteiger partial charge in [0.05, 0.1) is 0 Å². The number of nitrogens with one attached hydrogen (secondary N) is 1. The third kappa shape index (κ3) is 6.69. The SMILES string of the molecule is CC(=O)CCC(=O)N1CCC(NC(=O)CCc2ccc(C)cc2)CC1. The van der Waals surface area contributed by atoms with E-state index >= 15 is 0 Å². The summed E-state index contributed by atoms with van der Waals surface area (Å²) in [4.78, 5) is 36.9. The fourth-order valence-corrected chi connectivity index (χ4v) is 3.03. The number of amides is 2. The van der Waals surface area contributed by atoms with Crippen LogP contribution >= 0.6 is 0 Å². The molecule has 1 aromatic carbocycles. The number of carbonyl (C=O) groups excluding carboxylic acids is 3. The third-order valence-electron chi connectivity index (χ3n) is 4.67. The van der Waals surface area contributed by atoms with Crippen LogP contribution in [0.1, 0.15) is 50.2 Å². The molecule has 0 unspecified atom stereocenters. The lowest BCUT2D eigenvalue weighted by Crippen LogP contribution is -2.46. The highest BCUT2D eigenvalue weighted by atomic mass is 16.2. The van der Waals surface area contributed by atoms with Crippen LogP contribution in [0.2, 0.25) is 0 Å². The Morgan fingerprint density at radius 2 is 1.68 bits per heavy atom. The van der Waals surface area contributed by atoms with E-state index in [9.17, 15) is 14.4 Å². The Balaban J connectivity index is 1.67. The fourth-order valence-electron chi connectivity index (χ4n) is 3.03. The van der Waals surface area contributed by atoms with Crippen molar-refractivity contribution in [3.05, 3.63) is 35.4 Å². The minimum Gasteiger partial charge on any atom is -0.353 e. The Kier molecular flexibility index (Phi) is 7.16. The van der Waals surface area contributed by atoms with E-state index in [-0.39, 0.29) is 23.6 Å². The van der Waals surface area contributed by atoms with Crippen LogP contribution in [0.25, 0.3) is 0 Å². The molecule has 5 heteroatoms. The molecule has 2 amide bonds. The van der Waals surface area contributed by atoms with Gasteiger partial charge in [0.25, 0.3) is 0 Å². The summed E-state index contributed by atoms with van der Waals surface area (Å²) < 4.78 is 0. The molecule has 136 valence electrons. The van der Waals surface area contributed by atoms with Crippen molar-refractivity contribution in [2.45, 2.75) is 58.4 Å². The van der Waals surface area contributed by atoms with E-state index in [1.165, 1.54) is 18.1 Å². The molecule has 0 aliphatic carbocycles. The predicted molar refractivity (Wildman–Crippen MR) is 97.2 cm³/mol. The molecular weight excluding hydrogens is 316 g/mol. The average Bonchev–Trinajstić information content (AvgIpc) is 2.60.